The lowest BCUT2D eigenvalue weighted by Gasteiger charge is -2.16. The summed E-state index contributed by atoms with van der Waals surface area (Å²) in [7, 11) is 0. The molecule has 0 saturated carbocycles. The van der Waals surface area contributed by atoms with Crippen molar-refractivity contribution in [2.24, 2.45) is 5.73 Å². The summed E-state index contributed by atoms with van der Waals surface area (Å²) in [6.45, 7) is 2.28. The summed E-state index contributed by atoms with van der Waals surface area (Å²) in [5, 5.41) is 3.32. The highest BCUT2D eigenvalue weighted by Gasteiger charge is 2.16. The van der Waals surface area contributed by atoms with E-state index in [2.05, 4.69) is 5.32 Å². The normalized spacial score (nSPS) is 12.0. The minimum atomic E-state index is -0.647. The topological polar surface area (TPSA) is 77.5 Å². The average molecular weight is 309 g/mol. The number of hydrogen-bond donors (Lipinski definition) is 2. The predicted molar refractivity (Wildman–Crippen MR) is 80.0 cm³/mol. The standard InChI is InChI=1S/C15H17ClN2O3/c1-10(15(19)18-9-13-3-2-6-20-13)21-14-5-4-12(16)7-11(14)8-17/h2-7,10H,8-9,17H2,1H3,(H,18,19). The van der Waals surface area contributed by atoms with Crippen LogP contribution in [0.4, 0.5) is 0 Å². The lowest BCUT2D eigenvalue weighted by molar-refractivity contribution is -0.127. The molecule has 3 N–H and O–H groups in total. The zero-order chi connectivity index (χ0) is 15.2. The van der Waals surface area contributed by atoms with Crippen LogP contribution in [0.15, 0.2) is 41.0 Å². The van der Waals surface area contributed by atoms with Gasteiger partial charge in [0.05, 0.1) is 12.8 Å². The van der Waals surface area contributed by atoms with Crippen LogP contribution < -0.4 is 15.8 Å². The molecule has 112 valence electrons. The van der Waals surface area contributed by atoms with Crippen molar-refractivity contribution in [2.45, 2.75) is 26.1 Å². The highest BCUT2D eigenvalue weighted by molar-refractivity contribution is 6.30. The van der Waals surface area contributed by atoms with Gasteiger partial charge in [-0.1, -0.05) is 11.6 Å². The molecular formula is C15H17ClN2O3. The van der Waals surface area contributed by atoms with Crippen molar-refractivity contribution >= 4 is 17.5 Å². The zero-order valence-corrected chi connectivity index (χ0v) is 12.4. The van der Waals surface area contributed by atoms with Crippen molar-refractivity contribution in [3.63, 3.8) is 0 Å². The SMILES string of the molecule is CC(Oc1ccc(Cl)cc1CN)C(=O)NCc1ccco1. The lowest BCUT2D eigenvalue weighted by Crippen LogP contribution is -2.36. The molecule has 0 aliphatic carbocycles. The third kappa shape index (κ3) is 4.24. The summed E-state index contributed by atoms with van der Waals surface area (Å²) in [5.74, 6) is 1.01. The second kappa shape index (κ2) is 7.15. The van der Waals surface area contributed by atoms with E-state index in [4.69, 9.17) is 26.5 Å². The lowest BCUT2D eigenvalue weighted by atomic mass is 10.2. The first-order valence-corrected chi connectivity index (χ1v) is 6.93. The summed E-state index contributed by atoms with van der Waals surface area (Å²) >= 11 is 5.90. The van der Waals surface area contributed by atoms with Crippen molar-refractivity contribution < 1.29 is 13.9 Å². The number of carbonyl (C=O) groups is 1. The Balaban J connectivity index is 1.94. The largest absolute Gasteiger partial charge is 0.481 e. The Morgan fingerprint density at radius 2 is 2.29 bits per heavy atom. The second-order valence-electron chi connectivity index (χ2n) is 4.51. The quantitative estimate of drug-likeness (QED) is 0.859. The highest BCUT2D eigenvalue weighted by atomic mass is 35.5. The fourth-order valence-corrected chi connectivity index (χ4v) is 1.99. The fourth-order valence-electron chi connectivity index (χ4n) is 1.80. The van der Waals surface area contributed by atoms with Crippen LogP contribution in [0.3, 0.4) is 0 Å². The van der Waals surface area contributed by atoms with Crippen molar-refractivity contribution in [3.05, 3.63) is 52.9 Å². The van der Waals surface area contributed by atoms with Gasteiger partial charge in [0.1, 0.15) is 11.5 Å². The number of hydrogen-bond acceptors (Lipinski definition) is 4. The molecule has 0 spiro atoms. The molecule has 1 aromatic heterocycles. The number of halogens is 1. The van der Waals surface area contributed by atoms with Gasteiger partial charge in [-0.25, -0.2) is 0 Å². The van der Waals surface area contributed by atoms with Gasteiger partial charge in [-0.05, 0) is 37.3 Å². The number of nitrogens with two attached hydrogens (primary N) is 1. The number of benzene rings is 1. The highest BCUT2D eigenvalue weighted by Crippen LogP contribution is 2.23. The van der Waals surface area contributed by atoms with Gasteiger partial charge in [0, 0.05) is 17.1 Å². The molecule has 2 aromatic rings. The van der Waals surface area contributed by atoms with Crippen LogP contribution in [0, 0.1) is 0 Å². The molecule has 1 atom stereocenters. The van der Waals surface area contributed by atoms with E-state index in [0.29, 0.717) is 23.1 Å². The Hall–Kier alpha value is -1.98. The number of furan rings is 1. The summed E-state index contributed by atoms with van der Waals surface area (Å²) in [5.41, 5.74) is 6.40. The van der Waals surface area contributed by atoms with Crippen molar-refractivity contribution in [1.82, 2.24) is 5.32 Å². The third-order valence-corrected chi connectivity index (χ3v) is 3.17. The van der Waals surface area contributed by atoms with E-state index < -0.39 is 6.10 Å². The summed E-state index contributed by atoms with van der Waals surface area (Å²) < 4.78 is 10.8. The van der Waals surface area contributed by atoms with Crippen LogP contribution in [-0.4, -0.2) is 12.0 Å². The van der Waals surface area contributed by atoms with E-state index in [1.807, 2.05) is 0 Å². The smallest absolute Gasteiger partial charge is 0.261 e. The van der Waals surface area contributed by atoms with Gasteiger partial charge in [0.15, 0.2) is 6.10 Å². The Morgan fingerprint density at radius 1 is 1.48 bits per heavy atom. The summed E-state index contributed by atoms with van der Waals surface area (Å²) in [6.07, 6.45) is 0.911. The minimum absolute atomic E-state index is 0.232. The molecule has 0 radical (unpaired) electrons. The van der Waals surface area contributed by atoms with Gasteiger partial charge >= 0.3 is 0 Å². The van der Waals surface area contributed by atoms with E-state index in [9.17, 15) is 4.79 Å². The first-order chi connectivity index (χ1) is 10.1. The maximum atomic E-state index is 12.0. The Labute approximate surface area is 128 Å². The minimum Gasteiger partial charge on any atom is -0.481 e. The molecular weight excluding hydrogens is 292 g/mol. The van der Waals surface area contributed by atoms with Crippen molar-refractivity contribution in [2.75, 3.05) is 0 Å². The molecule has 2 rings (SSSR count). The van der Waals surface area contributed by atoms with Gasteiger partial charge in [-0.2, -0.15) is 0 Å². The number of ether oxygens (including phenoxy) is 1. The van der Waals surface area contributed by atoms with E-state index >= 15 is 0 Å². The van der Waals surface area contributed by atoms with Gasteiger partial charge in [-0.15, -0.1) is 0 Å². The van der Waals surface area contributed by atoms with Crippen LogP contribution >= 0.6 is 11.6 Å². The molecule has 0 fully saturated rings. The maximum absolute atomic E-state index is 12.0. The molecule has 0 saturated heterocycles. The van der Waals surface area contributed by atoms with Crippen molar-refractivity contribution in [3.8, 4) is 5.75 Å². The van der Waals surface area contributed by atoms with Crippen LogP contribution in [0.5, 0.6) is 5.75 Å². The molecule has 6 heteroatoms. The molecule has 0 bridgehead atoms. The molecule has 0 aliphatic rings. The zero-order valence-electron chi connectivity index (χ0n) is 11.6. The van der Waals surface area contributed by atoms with Gasteiger partial charge in [0.25, 0.3) is 5.91 Å². The average Bonchev–Trinajstić information content (AvgIpc) is 2.99. The van der Waals surface area contributed by atoms with Crippen molar-refractivity contribution in [1.29, 1.82) is 0 Å². The Bertz CT molecular complexity index is 599. The van der Waals surface area contributed by atoms with E-state index in [1.165, 1.54) is 0 Å². The fraction of sp³-hybridized carbons (Fsp3) is 0.267. The molecule has 0 aliphatic heterocycles. The molecule has 1 amide bonds. The van der Waals surface area contributed by atoms with Crippen LogP contribution in [0.2, 0.25) is 5.02 Å². The number of amides is 1. The Kier molecular flexibility index (Phi) is 5.25. The van der Waals surface area contributed by atoms with Crippen LogP contribution in [-0.2, 0) is 17.9 Å². The summed E-state index contributed by atoms with van der Waals surface area (Å²) in [4.78, 5) is 12.0. The van der Waals surface area contributed by atoms with Crippen LogP contribution in [0.1, 0.15) is 18.2 Å². The summed E-state index contributed by atoms with van der Waals surface area (Å²) in [6, 6.07) is 8.69. The van der Waals surface area contributed by atoms with E-state index in [-0.39, 0.29) is 12.5 Å². The predicted octanol–water partition coefficient (Wildman–Crippen LogP) is 2.48. The number of rotatable bonds is 6. The molecule has 1 unspecified atom stereocenters. The van der Waals surface area contributed by atoms with Gasteiger partial charge < -0.3 is 20.2 Å². The van der Waals surface area contributed by atoms with Gasteiger partial charge in [0.2, 0.25) is 0 Å². The van der Waals surface area contributed by atoms with Crippen LogP contribution in [0.25, 0.3) is 0 Å². The second-order valence-corrected chi connectivity index (χ2v) is 4.95. The molecule has 1 heterocycles. The maximum Gasteiger partial charge on any atom is 0.261 e. The molecule has 21 heavy (non-hydrogen) atoms. The third-order valence-electron chi connectivity index (χ3n) is 2.93. The van der Waals surface area contributed by atoms with Gasteiger partial charge in [-0.3, -0.25) is 4.79 Å². The first-order valence-electron chi connectivity index (χ1n) is 6.55. The number of carbonyl (C=O) groups excluding carboxylic acids is 1. The Morgan fingerprint density at radius 3 is 2.95 bits per heavy atom. The van der Waals surface area contributed by atoms with E-state index in [1.54, 1.807) is 43.5 Å². The first kappa shape index (κ1) is 15.4. The number of nitrogens with one attached hydrogen (secondary N) is 1. The molecule has 5 nitrogen and oxygen atoms in total. The molecule has 1 aromatic carbocycles. The monoisotopic (exact) mass is 308 g/mol. The van der Waals surface area contributed by atoms with E-state index in [0.717, 1.165) is 5.56 Å².